The number of alkyl halides is 3. The van der Waals surface area contributed by atoms with E-state index in [0.717, 1.165) is 17.8 Å². The van der Waals surface area contributed by atoms with E-state index in [1.807, 2.05) is 24.3 Å². The van der Waals surface area contributed by atoms with Crippen molar-refractivity contribution in [2.24, 2.45) is 0 Å². The van der Waals surface area contributed by atoms with Gasteiger partial charge in [-0.3, -0.25) is 9.78 Å². The largest absolute Gasteiger partial charge is 0.479 e. The topological polar surface area (TPSA) is 82.5 Å². The molecule has 0 radical (unpaired) electrons. The third kappa shape index (κ3) is 4.65. The highest BCUT2D eigenvalue weighted by atomic mass is 19.4. The van der Waals surface area contributed by atoms with Crippen LogP contribution >= 0.6 is 0 Å². The molecule has 2 aromatic rings. The van der Waals surface area contributed by atoms with Crippen molar-refractivity contribution in [3.05, 3.63) is 59.4 Å². The molecule has 31 heavy (non-hydrogen) atoms. The minimum Gasteiger partial charge on any atom is -0.479 e. The number of amides is 1. The van der Waals surface area contributed by atoms with Crippen molar-refractivity contribution in [3.63, 3.8) is 0 Å². The van der Waals surface area contributed by atoms with E-state index in [1.54, 1.807) is 0 Å². The minimum absolute atomic E-state index is 0.0328. The number of aliphatic carboxylic acids is 1. The molecule has 9 heteroatoms. The maximum atomic E-state index is 13.0. The molecule has 1 atom stereocenters. The van der Waals surface area contributed by atoms with Crippen LogP contribution in [0.15, 0.2) is 42.7 Å². The first-order chi connectivity index (χ1) is 14.7. The molecule has 1 saturated heterocycles. The Kier molecular flexibility index (Phi) is 5.36. The number of hydrogen-bond donors (Lipinski definition) is 2. The second-order valence-electron chi connectivity index (χ2n) is 8.23. The number of carboxylic acids is 1. The molecule has 2 heterocycles. The summed E-state index contributed by atoms with van der Waals surface area (Å²) in [5, 5.41) is 12.4. The Bertz CT molecular complexity index is 989. The Morgan fingerprint density at radius 2 is 1.90 bits per heavy atom. The Morgan fingerprint density at radius 1 is 1.19 bits per heavy atom. The highest BCUT2D eigenvalue weighted by Gasteiger charge is 2.46. The SMILES string of the molecule is O=C(Cc1ccc(C2CC2)cc1)N[C@]1(C(=O)O)CCN(c2cncc(C(F)(F)F)c2)C1. The summed E-state index contributed by atoms with van der Waals surface area (Å²) >= 11 is 0. The fourth-order valence-corrected chi connectivity index (χ4v) is 3.94. The number of carboxylic acid groups (broad SMARTS) is 1. The normalized spacial score (nSPS) is 21.2. The lowest BCUT2D eigenvalue weighted by Gasteiger charge is -2.27. The molecule has 1 aliphatic heterocycles. The Labute approximate surface area is 177 Å². The van der Waals surface area contributed by atoms with Gasteiger partial charge in [0.05, 0.1) is 30.4 Å². The van der Waals surface area contributed by atoms with Crippen molar-refractivity contribution in [1.82, 2.24) is 10.3 Å². The molecule has 164 valence electrons. The minimum atomic E-state index is -4.55. The molecule has 1 amide bonds. The van der Waals surface area contributed by atoms with Gasteiger partial charge in [0.2, 0.25) is 5.91 Å². The molecule has 4 rings (SSSR count). The number of hydrogen-bond acceptors (Lipinski definition) is 4. The Balaban J connectivity index is 1.44. The first kappa shape index (κ1) is 21.1. The van der Waals surface area contributed by atoms with Crippen molar-refractivity contribution in [2.45, 2.75) is 43.3 Å². The van der Waals surface area contributed by atoms with E-state index >= 15 is 0 Å². The zero-order valence-electron chi connectivity index (χ0n) is 16.7. The zero-order valence-corrected chi connectivity index (χ0v) is 16.7. The van der Waals surface area contributed by atoms with Gasteiger partial charge in [0.1, 0.15) is 0 Å². The van der Waals surface area contributed by atoms with E-state index in [0.29, 0.717) is 5.92 Å². The number of rotatable bonds is 6. The fourth-order valence-electron chi connectivity index (χ4n) is 3.94. The molecule has 1 saturated carbocycles. The maximum Gasteiger partial charge on any atom is 0.417 e. The molecule has 1 aliphatic carbocycles. The molecule has 2 N–H and O–H groups in total. The van der Waals surface area contributed by atoms with Gasteiger partial charge in [-0.05, 0) is 36.0 Å². The summed E-state index contributed by atoms with van der Waals surface area (Å²) in [6.07, 6.45) is -0.0969. The van der Waals surface area contributed by atoms with E-state index in [4.69, 9.17) is 0 Å². The first-order valence-corrected chi connectivity index (χ1v) is 10.1. The highest BCUT2D eigenvalue weighted by molar-refractivity contribution is 5.89. The fraction of sp³-hybridized carbons (Fsp3) is 0.409. The average Bonchev–Trinajstić information content (AvgIpc) is 3.48. The Hall–Kier alpha value is -3.10. The van der Waals surface area contributed by atoms with E-state index in [1.165, 1.54) is 29.5 Å². The molecule has 6 nitrogen and oxygen atoms in total. The number of carbonyl (C=O) groups excluding carboxylic acids is 1. The van der Waals surface area contributed by atoms with Crippen molar-refractivity contribution >= 4 is 17.6 Å². The van der Waals surface area contributed by atoms with Gasteiger partial charge < -0.3 is 15.3 Å². The van der Waals surface area contributed by atoms with E-state index in [9.17, 15) is 27.9 Å². The number of benzene rings is 1. The van der Waals surface area contributed by atoms with Crippen molar-refractivity contribution in [3.8, 4) is 0 Å². The number of aromatic nitrogens is 1. The highest BCUT2D eigenvalue weighted by Crippen LogP contribution is 2.40. The van der Waals surface area contributed by atoms with Gasteiger partial charge in [0.25, 0.3) is 0 Å². The number of anilines is 1. The van der Waals surface area contributed by atoms with E-state index < -0.39 is 29.2 Å². The number of carbonyl (C=O) groups is 2. The molecule has 2 fully saturated rings. The van der Waals surface area contributed by atoms with Crippen LogP contribution in [0, 0.1) is 0 Å². The summed E-state index contributed by atoms with van der Waals surface area (Å²) in [6, 6.07) is 8.66. The second kappa shape index (κ2) is 7.86. The van der Waals surface area contributed by atoms with Crippen LogP contribution in [0.4, 0.5) is 18.9 Å². The van der Waals surface area contributed by atoms with Crippen LogP contribution < -0.4 is 10.2 Å². The summed E-state index contributed by atoms with van der Waals surface area (Å²) in [4.78, 5) is 29.7. The van der Waals surface area contributed by atoms with Gasteiger partial charge in [0, 0.05) is 19.2 Å². The molecule has 0 bridgehead atoms. The van der Waals surface area contributed by atoms with Crippen LogP contribution in [0.25, 0.3) is 0 Å². The summed E-state index contributed by atoms with van der Waals surface area (Å²) in [7, 11) is 0. The monoisotopic (exact) mass is 433 g/mol. The van der Waals surface area contributed by atoms with Crippen LogP contribution in [0.1, 0.15) is 41.9 Å². The third-order valence-electron chi connectivity index (χ3n) is 5.87. The average molecular weight is 433 g/mol. The summed E-state index contributed by atoms with van der Waals surface area (Å²) < 4.78 is 38.9. The van der Waals surface area contributed by atoms with Gasteiger partial charge in [0.15, 0.2) is 5.54 Å². The van der Waals surface area contributed by atoms with Crippen LogP contribution in [0.3, 0.4) is 0 Å². The predicted molar refractivity (Wildman–Crippen MR) is 107 cm³/mol. The van der Waals surface area contributed by atoms with Crippen LogP contribution in [-0.4, -0.2) is 40.6 Å². The van der Waals surface area contributed by atoms with Gasteiger partial charge in [-0.1, -0.05) is 24.3 Å². The summed E-state index contributed by atoms with van der Waals surface area (Å²) in [5.74, 6) is -1.05. The van der Waals surface area contributed by atoms with Crippen LogP contribution in [-0.2, 0) is 22.2 Å². The molecule has 0 unspecified atom stereocenters. The van der Waals surface area contributed by atoms with Gasteiger partial charge in [-0.25, -0.2) is 4.79 Å². The van der Waals surface area contributed by atoms with Crippen molar-refractivity contribution < 1.29 is 27.9 Å². The standard InChI is InChI=1S/C22H22F3N3O3/c23-22(24,25)17-10-18(12-26-11-17)28-8-7-21(13-28,20(30)31)27-19(29)9-14-1-3-15(4-2-14)16-5-6-16/h1-4,10-12,16H,5-9,13H2,(H,27,29)(H,30,31)/t21-/m1/s1. The molecule has 1 aromatic heterocycles. The quantitative estimate of drug-likeness (QED) is 0.730. The van der Waals surface area contributed by atoms with E-state index in [-0.39, 0.29) is 31.6 Å². The zero-order chi connectivity index (χ0) is 22.2. The number of nitrogens with zero attached hydrogens (tertiary/aromatic N) is 2. The number of halogens is 3. The van der Waals surface area contributed by atoms with Crippen molar-refractivity contribution in [2.75, 3.05) is 18.0 Å². The lowest BCUT2D eigenvalue weighted by molar-refractivity contribution is -0.146. The predicted octanol–water partition coefficient (Wildman–Crippen LogP) is 3.37. The molecule has 1 aromatic carbocycles. The molecule has 0 spiro atoms. The van der Waals surface area contributed by atoms with Crippen LogP contribution in [0.2, 0.25) is 0 Å². The van der Waals surface area contributed by atoms with Crippen LogP contribution in [0.5, 0.6) is 0 Å². The molecule has 2 aliphatic rings. The Morgan fingerprint density at radius 3 is 2.52 bits per heavy atom. The van der Waals surface area contributed by atoms with Gasteiger partial charge in [-0.15, -0.1) is 0 Å². The summed E-state index contributed by atoms with van der Waals surface area (Å²) in [6.45, 7) is 0.0450. The molecular weight excluding hydrogens is 411 g/mol. The number of nitrogens with one attached hydrogen (secondary N) is 1. The lowest BCUT2D eigenvalue weighted by atomic mass is 9.98. The third-order valence-corrected chi connectivity index (χ3v) is 5.87. The van der Waals surface area contributed by atoms with E-state index in [2.05, 4.69) is 10.3 Å². The number of pyridine rings is 1. The molecular formula is C22H22F3N3O3. The van der Waals surface area contributed by atoms with Crippen molar-refractivity contribution in [1.29, 1.82) is 0 Å². The summed E-state index contributed by atoms with van der Waals surface area (Å²) in [5.41, 5.74) is -0.287. The first-order valence-electron chi connectivity index (χ1n) is 10.1. The maximum absolute atomic E-state index is 13.0. The lowest BCUT2D eigenvalue weighted by Crippen LogP contribution is -2.56. The second-order valence-corrected chi connectivity index (χ2v) is 8.23. The smallest absolute Gasteiger partial charge is 0.417 e. The van der Waals surface area contributed by atoms with Gasteiger partial charge >= 0.3 is 12.1 Å². The van der Waals surface area contributed by atoms with Gasteiger partial charge in [-0.2, -0.15) is 13.2 Å².